The number of aryl methyl sites for hydroxylation is 1. The van der Waals surface area contributed by atoms with Gasteiger partial charge in [-0.05, 0) is 36.6 Å². The van der Waals surface area contributed by atoms with Gasteiger partial charge in [-0.15, -0.1) is 0 Å². The number of ether oxygens (including phenoxy) is 1. The highest BCUT2D eigenvalue weighted by Gasteiger charge is 2.26. The zero-order valence-electron chi connectivity index (χ0n) is 16.4. The Bertz CT molecular complexity index is 1010. The van der Waals surface area contributed by atoms with Crippen LogP contribution < -0.4 is 4.74 Å². The summed E-state index contributed by atoms with van der Waals surface area (Å²) in [5.41, 5.74) is 3.56. The van der Waals surface area contributed by atoms with Crippen molar-refractivity contribution in [1.82, 2.24) is 0 Å². The second-order valence-corrected chi connectivity index (χ2v) is 6.97. The minimum absolute atomic E-state index is 0.0967. The van der Waals surface area contributed by atoms with E-state index >= 15 is 0 Å². The molecule has 0 radical (unpaired) electrons. The van der Waals surface area contributed by atoms with Crippen molar-refractivity contribution in [3.05, 3.63) is 77.9 Å². The second kappa shape index (κ2) is 9.03. The summed E-state index contributed by atoms with van der Waals surface area (Å²) in [5.74, 6) is -0.740. The van der Waals surface area contributed by atoms with Crippen LogP contribution in [-0.2, 0) is 0 Å². The Morgan fingerprint density at radius 1 is 0.900 bits per heavy atom. The molecule has 6 heteroatoms. The first-order chi connectivity index (χ1) is 14.3. The summed E-state index contributed by atoms with van der Waals surface area (Å²) in [6.07, 6.45) is -5.37. The third kappa shape index (κ3) is 5.20. The van der Waals surface area contributed by atoms with Crippen LogP contribution in [0.5, 0.6) is 5.75 Å². The van der Waals surface area contributed by atoms with E-state index in [9.17, 15) is 23.1 Å². The molecule has 3 nitrogen and oxygen atoms in total. The number of hydrogen-bond acceptors (Lipinski definition) is 2. The van der Waals surface area contributed by atoms with Crippen LogP contribution in [0, 0.1) is 6.92 Å². The van der Waals surface area contributed by atoms with E-state index in [0.717, 1.165) is 11.1 Å². The third-order valence-electron chi connectivity index (χ3n) is 4.66. The van der Waals surface area contributed by atoms with Crippen LogP contribution in [0.15, 0.2) is 66.7 Å². The largest absolute Gasteiger partial charge is 0.493 e. The molecule has 0 saturated carbocycles. The lowest BCUT2D eigenvalue weighted by atomic mass is 9.89. The van der Waals surface area contributed by atoms with Gasteiger partial charge in [-0.1, -0.05) is 60.2 Å². The lowest BCUT2D eigenvalue weighted by molar-refractivity contribution is -0.136. The quantitative estimate of drug-likeness (QED) is 0.435. The van der Waals surface area contributed by atoms with E-state index in [-0.39, 0.29) is 18.6 Å². The number of benzene rings is 3. The summed E-state index contributed by atoms with van der Waals surface area (Å²) in [6.45, 7) is 1.81. The van der Waals surface area contributed by atoms with Gasteiger partial charge in [0.05, 0.1) is 12.2 Å². The molecule has 0 aromatic heterocycles. The van der Waals surface area contributed by atoms with Crippen molar-refractivity contribution in [2.24, 2.45) is 0 Å². The Kier molecular flexibility index (Phi) is 6.45. The molecule has 3 rings (SSSR count). The molecule has 0 aliphatic heterocycles. The van der Waals surface area contributed by atoms with Crippen LogP contribution in [0.2, 0.25) is 0 Å². The van der Waals surface area contributed by atoms with Gasteiger partial charge in [0, 0.05) is 17.5 Å². The fourth-order valence-corrected chi connectivity index (χ4v) is 3.25. The van der Waals surface area contributed by atoms with Crippen molar-refractivity contribution in [2.75, 3.05) is 6.61 Å². The predicted molar refractivity (Wildman–Crippen MR) is 110 cm³/mol. The smallest absolute Gasteiger partial charge is 0.389 e. The zero-order chi connectivity index (χ0) is 21.7. The first kappa shape index (κ1) is 21.4. The van der Waals surface area contributed by atoms with Gasteiger partial charge in [-0.3, -0.25) is 0 Å². The summed E-state index contributed by atoms with van der Waals surface area (Å²) in [7, 11) is 0. The number of halogens is 3. The molecule has 30 heavy (non-hydrogen) atoms. The number of hydrogen-bond donors (Lipinski definition) is 1. The normalized spacial score (nSPS) is 11.3. The van der Waals surface area contributed by atoms with Gasteiger partial charge in [-0.25, -0.2) is 4.79 Å². The lowest BCUT2D eigenvalue weighted by Crippen LogP contribution is -2.10. The first-order valence-corrected chi connectivity index (χ1v) is 9.48. The molecule has 0 saturated heterocycles. The molecule has 0 fully saturated rings. The molecule has 0 heterocycles. The molecule has 156 valence electrons. The van der Waals surface area contributed by atoms with Gasteiger partial charge < -0.3 is 9.84 Å². The lowest BCUT2D eigenvalue weighted by Gasteiger charge is -2.19. The fourth-order valence-electron chi connectivity index (χ4n) is 3.25. The van der Waals surface area contributed by atoms with Crippen LogP contribution in [-0.4, -0.2) is 23.9 Å². The van der Waals surface area contributed by atoms with Gasteiger partial charge in [0.25, 0.3) is 0 Å². The maximum absolute atomic E-state index is 12.5. The minimum atomic E-state index is -4.24. The molecular weight excluding hydrogens is 393 g/mol. The molecule has 0 unspecified atom stereocenters. The number of aromatic carboxylic acids is 1. The Hall–Kier alpha value is -3.28. The van der Waals surface area contributed by atoms with Crippen molar-refractivity contribution in [3.8, 4) is 28.0 Å². The van der Waals surface area contributed by atoms with Crippen molar-refractivity contribution >= 4 is 5.97 Å². The number of carboxylic acids is 1. The highest BCUT2D eigenvalue weighted by Crippen LogP contribution is 2.42. The molecular formula is C24H21F3O3. The molecule has 3 aromatic carbocycles. The molecule has 0 amide bonds. The van der Waals surface area contributed by atoms with Crippen molar-refractivity contribution in [1.29, 1.82) is 0 Å². The van der Waals surface area contributed by atoms with Crippen LogP contribution in [0.25, 0.3) is 22.3 Å². The average Bonchev–Trinajstić information content (AvgIpc) is 2.71. The van der Waals surface area contributed by atoms with Crippen LogP contribution in [0.1, 0.15) is 28.8 Å². The van der Waals surface area contributed by atoms with E-state index < -0.39 is 18.6 Å². The van der Waals surface area contributed by atoms with E-state index in [4.69, 9.17) is 4.74 Å². The Balaban J connectivity index is 2.12. The number of carboxylic acid groups (broad SMARTS) is 1. The maximum atomic E-state index is 12.5. The molecule has 0 aliphatic rings. The number of carbonyl (C=O) groups is 1. The molecule has 0 bridgehead atoms. The zero-order valence-corrected chi connectivity index (χ0v) is 16.4. The summed E-state index contributed by atoms with van der Waals surface area (Å²) in [4.78, 5) is 11.9. The summed E-state index contributed by atoms with van der Waals surface area (Å²) in [5, 5.41) is 9.77. The van der Waals surface area contributed by atoms with Crippen LogP contribution in [0.4, 0.5) is 13.2 Å². The monoisotopic (exact) mass is 414 g/mol. The van der Waals surface area contributed by atoms with E-state index in [1.165, 1.54) is 12.1 Å². The summed E-state index contributed by atoms with van der Waals surface area (Å²) in [6, 6.07) is 19.5. The van der Waals surface area contributed by atoms with Crippen molar-refractivity contribution in [3.63, 3.8) is 0 Å². The fraction of sp³-hybridized carbons (Fsp3) is 0.208. The van der Waals surface area contributed by atoms with E-state index in [1.807, 2.05) is 37.3 Å². The molecule has 0 spiro atoms. The van der Waals surface area contributed by atoms with Gasteiger partial charge in [0.1, 0.15) is 5.75 Å². The van der Waals surface area contributed by atoms with Crippen LogP contribution >= 0.6 is 0 Å². The first-order valence-electron chi connectivity index (χ1n) is 9.48. The predicted octanol–water partition coefficient (Wildman–Crippen LogP) is 6.75. The van der Waals surface area contributed by atoms with Crippen LogP contribution in [0.3, 0.4) is 0 Å². The minimum Gasteiger partial charge on any atom is -0.493 e. The maximum Gasteiger partial charge on any atom is 0.389 e. The average molecular weight is 414 g/mol. The Morgan fingerprint density at radius 2 is 1.53 bits per heavy atom. The highest BCUT2D eigenvalue weighted by molar-refractivity contribution is 6.02. The van der Waals surface area contributed by atoms with Crippen molar-refractivity contribution < 1.29 is 27.8 Å². The van der Waals surface area contributed by atoms with E-state index in [0.29, 0.717) is 22.4 Å². The Morgan fingerprint density at radius 3 is 2.13 bits per heavy atom. The standard InChI is InChI=1S/C24H21F3O3/c1-16-8-10-18(11-9-16)22-20(30-15-5-14-24(25,26)27)13-12-19(23(28)29)21(22)17-6-3-2-4-7-17/h2-4,6-13H,5,14-15H2,1H3,(H,28,29). The van der Waals surface area contributed by atoms with E-state index in [1.54, 1.807) is 24.3 Å². The summed E-state index contributed by atoms with van der Waals surface area (Å²) >= 11 is 0. The van der Waals surface area contributed by atoms with Crippen molar-refractivity contribution in [2.45, 2.75) is 25.9 Å². The topological polar surface area (TPSA) is 46.5 Å². The SMILES string of the molecule is Cc1ccc(-c2c(OCCCC(F)(F)F)ccc(C(=O)O)c2-c2ccccc2)cc1. The third-order valence-corrected chi connectivity index (χ3v) is 4.66. The van der Waals surface area contributed by atoms with Gasteiger partial charge in [0.15, 0.2) is 0 Å². The molecule has 3 aromatic rings. The highest BCUT2D eigenvalue weighted by atomic mass is 19.4. The van der Waals surface area contributed by atoms with Gasteiger partial charge >= 0.3 is 12.1 Å². The molecule has 1 N–H and O–H groups in total. The number of alkyl halides is 3. The van der Waals surface area contributed by atoms with Gasteiger partial charge in [0.2, 0.25) is 0 Å². The second-order valence-electron chi connectivity index (χ2n) is 6.97. The molecule has 0 atom stereocenters. The summed E-state index contributed by atoms with van der Waals surface area (Å²) < 4.78 is 43.1. The number of rotatable bonds is 7. The Labute approximate surface area is 172 Å². The van der Waals surface area contributed by atoms with E-state index in [2.05, 4.69) is 0 Å². The van der Waals surface area contributed by atoms with Gasteiger partial charge in [-0.2, -0.15) is 13.2 Å². The molecule has 0 aliphatic carbocycles.